The summed E-state index contributed by atoms with van der Waals surface area (Å²) in [6.07, 6.45) is 0. The van der Waals surface area contributed by atoms with Crippen molar-refractivity contribution in [2.75, 3.05) is 36.3 Å². The van der Waals surface area contributed by atoms with Gasteiger partial charge in [-0.15, -0.1) is 0 Å². The highest BCUT2D eigenvalue weighted by Crippen LogP contribution is 2.24. The Kier molecular flexibility index (Phi) is 8.39. The van der Waals surface area contributed by atoms with Gasteiger partial charge < -0.3 is 25.0 Å². The van der Waals surface area contributed by atoms with Crippen LogP contribution in [-0.2, 0) is 11.3 Å². The van der Waals surface area contributed by atoms with Gasteiger partial charge in [-0.1, -0.05) is 42.5 Å². The van der Waals surface area contributed by atoms with Gasteiger partial charge in [-0.2, -0.15) is 0 Å². The number of nitrogens with one attached hydrogen (secondary N) is 2. The smallest absolute Gasteiger partial charge is 0.255 e. The van der Waals surface area contributed by atoms with Crippen molar-refractivity contribution in [1.29, 1.82) is 0 Å². The van der Waals surface area contributed by atoms with Crippen LogP contribution < -0.4 is 25.0 Å². The molecule has 4 aromatic carbocycles. The number of hydrogen-bond donors (Lipinski definition) is 2. The number of methoxy groups -OCH3 is 2. The van der Waals surface area contributed by atoms with Crippen molar-refractivity contribution >= 4 is 28.9 Å². The van der Waals surface area contributed by atoms with Crippen molar-refractivity contribution in [3.8, 4) is 11.5 Å². The van der Waals surface area contributed by atoms with Gasteiger partial charge in [-0.25, -0.2) is 0 Å². The molecule has 4 aromatic rings. The Morgan fingerprint density at radius 1 is 0.730 bits per heavy atom. The number of anilines is 3. The second-order valence-corrected chi connectivity index (χ2v) is 8.32. The van der Waals surface area contributed by atoms with Crippen LogP contribution in [0.25, 0.3) is 0 Å². The summed E-state index contributed by atoms with van der Waals surface area (Å²) in [4.78, 5) is 27.6. The van der Waals surface area contributed by atoms with E-state index in [4.69, 9.17) is 9.47 Å². The standard InChI is InChI=1S/C30H29N3O4/c1-36-26-18-16-25(17-19-26)33(20-22-8-4-3-5-9-22)21-29(34)31-24-14-12-23(13-15-24)30(35)32-27-10-6-7-11-28(27)37-2/h3-19H,20-21H2,1-2H3,(H,31,34)(H,32,35). The Morgan fingerprint density at radius 3 is 2.08 bits per heavy atom. The first-order valence-corrected chi connectivity index (χ1v) is 11.8. The van der Waals surface area contributed by atoms with Crippen molar-refractivity contribution in [3.05, 3.63) is 114 Å². The lowest BCUT2D eigenvalue weighted by atomic mass is 10.1. The Bertz CT molecular complexity index is 1320. The molecular formula is C30H29N3O4. The third kappa shape index (κ3) is 6.89. The maximum atomic E-state index is 13.0. The molecule has 0 spiro atoms. The first kappa shape index (κ1) is 25.3. The van der Waals surface area contributed by atoms with Gasteiger partial charge >= 0.3 is 0 Å². The van der Waals surface area contributed by atoms with Crippen LogP contribution in [0.3, 0.4) is 0 Å². The third-order valence-corrected chi connectivity index (χ3v) is 5.77. The summed E-state index contributed by atoms with van der Waals surface area (Å²) in [7, 11) is 3.18. The third-order valence-electron chi connectivity index (χ3n) is 5.77. The molecule has 0 unspecified atom stereocenters. The van der Waals surface area contributed by atoms with E-state index in [2.05, 4.69) is 10.6 Å². The Morgan fingerprint density at radius 2 is 1.41 bits per heavy atom. The number of para-hydroxylation sites is 2. The van der Waals surface area contributed by atoms with Gasteiger partial charge in [0.2, 0.25) is 5.91 Å². The van der Waals surface area contributed by atoms with Gasteiger partial charge in [0, 0.05) is 23.5 Å². The van der Waals surface area contributed by atoms with Crippen molar-refractivity contribution in [3.63, 3.8) is 0 Å². The van der Waals surface area contributed by atoms with E-state index < -0.39 is 0 Å². The maximum absolute atomic E-state index is 13.0. The molecule has 0 aliphatic rings. The van der Waals surface area contributed by atoms with E-state index >= 15 is 0 Å². The predicted molar refractivity (Wildman–Crippen MR) is 147 cm³/mol. The Balaban J connectivity index is 1.41. The maximum Gasteiger partial charge on any atom is 0.255 e. The highest BCUT2D eigenvalue weighted by atomic mass is 16.5. The second-order valence-electron chi connectivity index (χ2n) is 8.32. The molecule has 37 heavy (non-hydrogen) atoms. The summed E-state index contributed by atoms with van der Waals surface area (Å²) in [5, 5.41) is 5.77. The lowest BCUT2D eigenvalue weighted by molar-refractivity contribution is -0.115. The molecule has 0 bridgehead atoms. The zero-order valence-electron chi connectivity index (χ0n) is 20.8. The minimum Gasteiger partial charge on any atom is -0.497 e. The monoisotopic (exact) mass is 495 g/mol. The van der Waals surface area contributed by atoms with Crippen LogP contribution in [-0.4, -0.2) is 32.6 Å². The van der Waals surface area contributed by atoms with Crippen LogP contribution in [0.2, 0.25) is 0 Å². The van der Waals surface area contributed by atoms with Crippen molar-refractivity contribution in [1.82, 2.24) is 0 Å². The summed E-state index contributed by atoms with van der Waals surface area (Å²) < 4.78 is 10.6. The first-order chi connectivity index (χ1) is 18.1. The molecular weight excluding hydrogens is 466 g/mol. The summed E-state index contributed by atoms with van der Waals surface area (Å²) >= 11 is 0. The van der Waals surface area contributed by atoms with Gasteiger partial charge in [0.15, 0.2) is 0 Å². The quantitative estimate of drug-likeness (QED) is 0.299. The van der Waals surface area contributed by atoms with Gasteiger partial charge in [0.25, 0.3) is 5.91 Å². The second kappa shape index (κ2) is 12.3. The van der Waals surface area contributed by atoms with Crippen LogP contribution in [0, 0.1) is 0 Å². The Hall–Kier alpha value is -4.78. The van der Waals surface area contributed by atoms with Crippen LogP contribution in [0.5, 0.6) is 11.5 Å². The van der Waals surface area contributed by atoms with Gasteiger partial charge in [0.1, 0.15) is 11.5 Å². The van der Waals surface area contributed by atoms with E-state index in [1.165, 1.54) is 0 Å². The highest BCUT2D eigenvalue weighted by molar-refractivity contribution is 6.05. The molecule has 0 fully saturated rings. The molecule has 0 aromatic heterocycles. The number of ether oxygens (including phenoxy) is 2. The van der Waals surface area contributed by atoms with Crippen LogP contribution in [0.1, 0.15) is 15.9 Å². The minimum atomic E-state index is -0.268. The fourth-order valence-electron chi connectivity index (χ4n) is 3.86. The molecule has 0 saturated carbocycles. The SMILES string of the molecule is COc1ccc(N(CC(=O)Nc2ccc(C(=O)Nc3ccccc3OC)cc2)Cc2ccccc2)cc1. The molecule has 188 valence electrons. The zero-order valence-corrected chi connectivity index (χ0v) is 20.8. The fraction of sp³-hybridized carbons (Fsp3) is 0.133. The number of rotatable bonds is 10. The lowest BCUT2D eigenvalue weighted by Gasteiger charge is -2.25. The van der Waals surface area contributed by atoms with E-state index in [1.54, 1.807) is 50.6 Å². The number of nitrogens with zero attached hydrogens (tertiary/aromatic N) is 1. The van der Waals surface area contributed by atoms with E-state index in [0.29, 0.717) is 29.2 Å². The molecule has 0 saturated heterocycles. The zero-order chi connectivity index (χ0) is 26.0. The van der Waals surface area contributed by atoms with Gasteiger partial charge in [-0.05, 0) is 66.2 Å². The minimum absolute atomic E-state index is 0.150. The summed E-state index contributed by atoms with van der Waals surface area (Å²) in [5.41, 5.74) is 3.66. The van der Waals surface area contributed by atoms with E-state index in [0.717, 1.165) is 17.0 Å². The molecule has 0 radical (unpaired) electrons. The topological polar surface area (TPSA) is 79.9 Å². The predicted octanol–water partition coefficient (Wildman–Crippen LogP) is 5.60. The molecule has 0 atom stereocenters. The molecule has 0 heterocycles. The highest BCUT2D eigenvalue weighted by Gasteiger charge is 2.14. The van der Waals surface area contributed by atoms with Crippen LogP contribution in [0.4, 0.5) is 17.1 Å². The van der Waals surface area contributed by atoms with Crippen molar-refractivity contribution < 1.29 is 19.1 Å². The van der Waals surface area contributed by atoms with Crippen LogP contribution >= 0.6 is 0 Å². The normalized spacial score (nSPS) is 10.3. The summed E-state index contributed by atoms with van der Waals surface area (Å²) in [6, 6.07) is 31.6. The van der Waals surface area contributed by atoms with Crippen molar-refractivity contribution in [2.24, 2.45) is 0 Å². The average molecular weight is 496 g/mol. The van der Waals surface area contributed by atoms with E-state index in [9.17, 15) is 9.59 Å². The van der Waals surface area contributed by atoms with E-state index in [1.807, 2.05) is 71.6 Å². The largest absolute Gasteiger partial charge is 0.497 e. The average Bonchev–Trinajstić information content (AvgIpc) is 2.94. The number of benzene rings is 4. The molecule has 2 amide bonds. The summed E-state index contributed by atoms with van der Waals surface area (Å²) in [6.45, 7) is 0.722. The lowest BCUT2D eigenvalue weighted by Crippen LogP contribution is -2.33. The number of carbonyl (C=O) groups is 2. The molecule has 4 rings (SSSR count). The van der Waals surface area contributed by atoms with Crippen LogP contribution in [0.15, 0.2) is 103 Å². The number of carbonyl (C=O) groups excluding carboxylic acids is 2. The molecule has 7 heteroatoms. The molecule has 2 N–H and O–H groups in total. The fourth-order valence-corrected chi connectivity index (χ4v) is 3.86. The van der Waals surface area contributed by atoms with Gasteiger partial charge in [-0.3, -0.25) is 9.59 Å². The van der Waals surface area contributed by atoms with E-state index in [-0.39, 0.29) is 18.4 Å². The number of hydrogen-bond acceptors (Lipinski definition) is 5. The summed E-state index contributed by atoms with van der Waals surface area (Å²) in [5.74, 6) is 0.897. The van der Waals surface area contributed by atoms with Gasteiger partial charge in [0.05, 0.1) is 26.5 Å². The van der Waals surface area contributed by atoms with Crippen molar-refractivity contribution in [2.45, 2.75) is 6.54 Å². The first-order valence-electron chi connectivity index (χ1n) is 11.8. The molecule has 7 nitrogen and oxygen atoms in total. The molecule has 0 aliphatic carbocycles. The number of amides is 2. The Labute approximate surface area is 216 Å². The molecule has 0 aliphatic heterocycles.